The first-order valence-corrected chi connectivity index (χ1v) is 8.44. The number of ether oxygens (including phenoxy) is 1. The lowest BCUT2D eigenvalue weighted by molar-refractivity contribution is 0.0519. The molecule has 0 radical (unpaired) electrons. The van der Waals surface area contributed by atoms with Crippen LogP contribution in [0.5, 0.6) is 0 Å². The minimum absolute atomic E-state index is 0.181. The van der Waals surface area contributed by atoms with Crippen molar-refractivity contribution in [2.75, 3.05) is 6.61 Å². The molecule has 0 unspecified atom stereocenters. The molecule has 2 N–H and O–H groups in total. The van der Waals surface area contributed by atoms with Gasteiger partial charge < -0.3 is 9.72 Å². The van der Waals surface area contributed by atoms with Gasteiger partial charge in [0.25, 0.3) is 0 Å². The number of nitrogens with one attached hydrogen (secondary N) is 2. The molecule has 0 spiro atoms. The van der Waals surface area contributed by atoms with Crippen LogP contribution in [0.25, 0.3) is 10.2 Å². The van der Waals surface area contributed by atoms with Crippen LogP contribution in [0.2, 0.25) is 0 Å². The highest BCUT2D eigenvalue weighted by atomic mass is 32.2. The first-order valence-electron chi connectivity index (χ1n) is 6.64. The maximum atomic E-state index is 11.8. The number of carbonyl (C=O) groups excluding carboxylic acids is 1. The van der Waals surface area contributed by atoms with Gasteiger partial charge in [0.15, 0.2) is 4.34 Å². The minimum atomic E-state index is -0.527. The highest BCUT2D eigenvalue weighted by Gasteiger charge is 2.17. The SMILES string of the molecule is CCOC(=O)c1[nH]c(=O)[nH]c1CSc1nc2ccccc2s1. The van der Waals surface area contributed by atoms with Gasteiger partial charge >= 0.3 is 11.7 Å². The molecule has 0 saturated carbocycles. The number of nitrogens with zero attached hydrogens (tertiary/aromatic N) is 1. The Morgan fingerprint density at radius 1 is 1.36 bits per heavy atom. The van der Waals surface area contributed by atoms with Crippen LogP contribution in [0.15, 0.2) is 33.4 Å². The molecule has 0 saturated heterocycles. The van der Waals surface area contributed by atoms with E-state index in [0.29, 0.717) is 11.4 Å². The van der Waals surface area contributed by atoms with Gasteiger partial charge in [0.1, 0.15) is 5.69 Å². The van der Waals surface area contributed by atoms with Gasteiger partial charge in [-0.25, -0.2) is 14.6 Å². The summed E-state index contributed by atoms with van der Waals surface area (Å²) in [6.07, 6.45) is 0. The van der Waals surface area contributed by atoms with Gasteiger partial charge in [-0.2, -0.15) is 0 Å². The van der Waals surface area contributed by atoms with Gasteiger partial charge in [-0.1, -0.05) is 23.9 Å². The Hall–Kier alpha value is -2.06. The van der Waals surface area contributed by atoms with E-state index in [9.17, 15) is 9.59 Å². The summed E-state index contributed by atoms with van der Waals surface area (Å²) in [5, 5.41) is 0. The lowest BCUT2D eigenvalue weighted by Gasteiger charge is -2.01. The number of imidazole rings is 1. The minimum Gasteiger partial charge on any atom is -0.461 e. The molecule has 0 aliphatic rings. The van der Waals surface area contributed by atoms with Gasteiger partial charge in [-0.15, -0.1) is 11.3 Å². The molecule has 0 amide bonds. The summed E-state index contributed by atoms with van der Waals surface area (Å²) < 4.78 is 6.93. The van der Waals surface area contributed by atoms with Crippen molar-refractivity contribution in [3.8, 4) is 0 Å². The Morgan fingerprint density at radius 3 is 2.95 bits per heavy atom. The largest absolute Gasteiger partial charge is 0.461 e. The lowest BCUT2D eigenvalue weighted by Crippen LogP contribution is -2.09. The third-order valence-corrected chi connectivity index (χ3v) is 5.10. The Labute approximate surface area is 133 Å². The number of hydrogen-bond donors (Lipinski definition) is 2. The molecule has 3 rings (SSSR count). The zero-order valence-corrected chi connectivity index (χ0v) is 13.3. The lowest BCUT2D eigenvalue weighted by atomic mass is 10.3. The van der Waals surface area contributed by atoms with Crippen LogP contribution < -0.4 is 5.69 Å². The molecule has 114 valence electrons. The van der Waals surface area contributed by atoms with Gasteiger partial charge in [0.05, 0.1) is 22.5 Å². The summed E-state index contributed by atoms with van der Waals surface area (Å²) in [5.41, 5.74) is 1.24. The standard InChI is InChI=1S/C14H13N3O3S2/c1-2-20-12(18)11-9(15-13(19)17-11)7-21-14-16-8-5-3-4-6-10(8)22-14/h3-6H,2,7H2,1H3,(H2,15,17,19). The second-order valence-electron chi connectivity index (χ2n) is 4.39. The predicted octanol–water partition coefficient (Wildman–Crippen LogP) is 2.78. The van der Waals surface area contributed by atoms with Crippen LogP contribution in [0, 0.1) is 0 Å². The van der Waals surface area contributed by atoms with Gasteiger partial charge in [-0.05, 0) is 19.1 Å². The number of fused-ring (bicyclic) bond motifs is 1. The third-order valence-electron chi connectivity index (χ3n) is 2.90. The number of aromatic nitrogens is 3. The van der Waals surface area contributed by atoms with Crippen molar-refractivity contribution in [3.05, 3.63) is 46.1 Å². The fourth-order valence-electron chi connectivity index (χ4n) is 1.95. The molecule has 6 nitrogen and oxygen atoms in total. The molecule has 22 heavy (non-hydrogen) atoms. The molecule has 0 bridgehead atoms. The van der Waals surface area contributed by atoms with Crippen molar-refractivity contribution >= 4 is 39.3 Å². The van der Waals surface area contributed by atoms with Crippen molar-refractivity contribution in [3.63, 3.8) is 0 Å². The molecule has 3 aromatic rings. The number of rotatable bonds is 5. The average Bonchev–Trinajstić information content (AvgIpc) is 3.08. The number of carbonyl (C=O) groups is 1. The van der Waals surface area contributed by atoms with E-state index in [4.69, 9.17) is 4.74 Å². The van der Waals surface area contributed by atoms with Crippen LogP contribution in [-0.4, -0.2) is 27.5 Å². The van der Waals surface area contributed by atoms with E-state index in [-0.39, 0.29) is 12.3 Å². The monoisotopic (exact) mass is 335 g/mol. The van der Waals surface area contributed by atoms with E-state index in [1.165, 1.54) is 11.8 Å². The predicted molar refractivity (Wildman–Crippen MR) is 86.6 cm³/mol. The van der Waals surface area contributed by atoms with E-state index in [2.05, 4.69) is 15.0 Å². The number of thiazole rings is 1. The molecule has 0 aliphatic carbocycles. The summed E-state index contributed by atoms with van der Waals surface area (Å²) >= 11 is 3.05. The number of hydrogen-bond acceptors (Lipinski definition) is 6. The topological polar surface area (TPSA) is 87.8 Å². The number of benzene rings is 1. The fourth-order valence-corrected chi connectivity index (χ4v) is 3.98. The summed E-state index contributed by atoms with van der Waals surface area (Å²) in [7, 11) is 0. The van der Waals surface area contributed by atoms with Crippen LogP contribution in [0.1, 0.15) is 23.1 Å². The molecule has 2 aromatic heterocycles. The molecular weight excluding hydrogens is 322 g/mol. The zero-order valence-electron chi connectivity index (χ0n) is 11.7. The quantitative estimate of drug-likeness (QED) is 0.553. The number of aromatic amines is 2. The Balaban J connectivity index is 1.78. The van der Waals surface area contributed by atoms with Crippen molar-refractivity contribution in [1.29, 1.82) is 0 Å². The van der Waals surface area contributed by atoms with Crippen molar-refractivity contribution < 1.29 is 9.53 Å². The highest BCUT2D eigenvalue weighted by Crippen LogP contribution is 2.31. The van der Waals surface area contributed by atoms with Gasteiger partial charge in [-0.3, -0.25) is 4.98 Å². The molecule has 8 heteroatoms. The Morgan fingerprint density at radius 2 is 2.18 bits per heavy atom. The smallest absolute Gasteiger partial charge is 0.356 e. The normalized spacial score (nSPS) is 11.0. The van der Waals surface area contributed by atoms with Crippen molar-refractivity contribution in [2.45, 2.75) is 17.0 Å². The molecule has 2 heterocycles. The average molecular weight is 335 g/mol. The zero-order chi connectivity index (χ0) is 15.5. The number of H-pyrrole nitrogens is 2. The molecule has 0 fully saturated rings. The molecule has 0 atom stereocenters. The van der Waals surface area contributed by atoms with Crippen LogP contribution in [0.3, 0.4) is 0 Å². The van der Waals surface area contributed by atoms with E-state index in [1.54, 1.807) is 18.3 Å². The maximum Gasteiger partial charge on any atom is 0.356 e. The Bertz CT molecular complexity index is 832. The highest BCUT2D eigenvalue weighted by molar-refractivity contribution is 8.00. The first kappa shape index (κ1) is 14.9. The second-order valence-corrected chi connectivity index (χ2v) is 6.64. The van der Waals surface area contributed by atoms with E-state index in [1.807, 2.05) is 24.3 Å². The molecule has 1 aromatic carbocycles. The van der Waals surface area contributed by atoms with Crippen LogP contribution in [0.4, 0.5) is 0 Å². The molecular formula is C14H13N3O3S2. The van der Waals surface area contributed by atoms with Crippen molar-refractivity contribution in [2.24, 2.45) is 0 Å². The number of para-hydroxylation sites is 1. The maximum absolute atomic E-state index is 11.8. The van der Waals surface area contributed by atoms with Crippen molar-refractivity contribution in [1.82, 2.24) is 15.0 Å². The third kappa shape index (κ3) is 3.07. The van der Waals surface area contributed by atoms with Gasteiger partial charge in [0, 0.05) is 5.75 Å². The molecule has 0 aliphatic heterocycles. The van der Waals surface area contributed by atoms with Crippen LogP contribution >= 0.6 is 23.1 Å². The van der Waals surface area contributed by atoms with Gasteiger partial charge in [0.2, 0.25) is 0 Å². The fraction of sp³-hybridized carbons (Fsp3) is 0.214. The summed E-state index contributed by atoms with van der Waals surface area (Å²) in [6.45, 7) is 1.98. The number of esters is 1. The van der Waals surface area contributed by atoms with Crippen LogP contribution in [-0.2, 0) is 10.5 Å². The summed E-state index contributed by atoms with van der Waals surface area (Å²) in [6, 6.07) is 7.88. The Kier molecular flexibility index (Phi) is 4.30. The number of thioether (sulfide) groups is 1. The second kappa shape index (κ2) is 6.37. The first-order chi connectivity index (χ1) is 10.7. The van der Waals surface area contributed by atoms with E-state index < -0.39 is 11.7 Å². The van der Waals surface area contributed by atoms with E-state index >= 15 is 0 Å². The van der Waals surface area contributed by atoms with E-state index in [0.717, 1.165) is 14.6 Å². The summed E-state index contributed by atoms with van der Waals surface area (Å²) in [5.74, 6) is -0.0899. The summed E-state index contributed by atoms with van der Waals surface area (Å²) in [4.78, 5) is 32.8.